The summed E-state index contributed by atoms with van der Waals surface area (Å²) in [5.74, 6) is 0. The second kappa shape index (κ2) is 11.0. The first-order chi connectivity index (χ1) is 18.3. The van der Waals surface area contributed by atoms with Crippen LogP contribution in [0.2, 0.25) is 0 Å². The standard InChI is InChI=1S/C32H40N2O5/c1-23(34-18-16-32(39-29(34)37,20-31(4,5)38)27-9-7-6-8-10-27)24-11-13-25(14-12-24)26-15-17-33(28(36)19-26)21-30(2,3)22-35/h6-15,17,19,23,35,38H,16,18,20-22H2,1-5H3/t23-,32-/m0/s1. The van der Waals surface area contributed by atoms with E-state index in [1.807, 2.05) is 81.4 Å². The summed E-state index contributed by atoms with van der Waals surface area (Å²) in [6, 6.07) is 20.8. The third-order valence-corrected chi connectivity index (χ3v) is 7.51. The van der Waals surface area contributed by atoms with Crippen LogP contribution in [0.3, 0.4) is 0 Å². The first-order valence-electron chi connectivity index (χ1n) is 13.5. The molecule has 7 nitrogen and oxygen atoms in total. The van der Waals surface area contributed by atoms with Gasteiger partial charge in [-0.05, 0) is 49.1 Å². The van der Waals surface area contributed by atoms with Gasteiger partial charge in [-0.2, -0.15) is 0 Å². The summed E-state index contributed by atoms with van der Waals surface area (Å²) in [5, 5.41) is 20.1. The van der Waals surface area contributed by atoms with Crippen molar-refractivity contribution in [3.63, 3.8) is 0 Å². The molecule has 2 atom stereocenters. The van der Waals surface area contributed by atoms with Crippen molar-refractivity contribution in [2.75, 3.05) is 13.2 Å². The second-order valence-corrected chi connectivity index (χ2v) is 12.2. The van der Waals surface area contributed by atoms with E-state index >= 15 is 0 Å². The van der Waals surface area contributed by atoms with Gasteiger partial charge < -0.3 is 24.4 Å². The Balaban J connectivity index is 1.50. The fraction of sp³-hybridized carbons (Fsp3) is 0.438. The largest absolute Gasteiger partial charge is 0.438 e. The average molecular weight is 533 g/mol. The number of cyclic esters (lactones) is 1. The number of nitrogens with zero attached hydrogens (tertiary/aromatic N) is 2. The van der Waals surface area contributed by atoms with Gasteiger partial charge in [-0.15, -0.1) is 0 Å². The van der Waals surface area contributed by atoms with Crippen LogP contribution in [-0.2, 0) is 16.9 Å². The van der Waals surface area contributed by atoms with Crippen LogP contribution in [0.15, 0.2) is 77.7 Å². The van der Waals surface area contributed by atoms with Gasteiger partial charge in [0.05, 0.1) is 11.6 Å². The van der Waals surface area contributed by atoms with Crippen molar-refractivity contribution in [2.45, 2.75) is 71.2 Å². The monoisotopic (exact) mass is 532 g/mol. The summed E-state index contributed by atoms with van der Waals surface area (Å²) in [6.45, 7) is 10.2. The van der Waals surface area contributed by atoms with E-state index in [0.29, 0.717) is 25.9 Å². The first-order valence-corrected chi connectivity index (χ1v) is 13.5. The SMILES string of the molecule is C[C@@H](c1ccc(-c2ccn(CC(C)(C)CO)c(=O)c2)cc1)N1CC[C@](CC(C)(C)O)(c2ccccc2)OC1=O. The van der Waals surface area contributed by atoms with Crippen molar-refractivity contribution in [1.82, 2.24) is 9.47 Å². The lowest BCUT2D eigenvalue weighted by atomic mass is 9.80. The molecule has 2 N–H and O–H groups in total. The Labute approximate surface area is 230 Å². The van der Waals surface area contributed by atoms with Crippen LogP contribution in [-0.4, -0.2) is 44.5 Å². The highest BCUT2D eigenvalue weighted by Crippen LogP contribution is 2.42. The Morgan fingerprint density at radius 2 is 1.64 bits per heavy atom. The minimum atomic E-state index is -1.00. The number of rotatable bonds is 9. The summed E-state index contributed by atoms with van der Waals surface area (Å²) in [4.78, 5) is 27.7. The van der Waals surface area contributed by atoms with Gasteiger partial charge in [0.25, 0.3) is 5.56 Å². The average Bonchev–Trinajstić information content (AvgIpc) is 2.89. The highest BCUT2D eigenvalue weighted by molar-refractivity contribution is 5.70. The maximum atomic E-state index is 13.3. The second-order valence-electron chi connectivity index (χ2n) is 12.2. The first kappa shape index (κ1) is 28.6. The van der Waals surface area contributed by atoms with E-state index < -0.39 is 17.3 Å². The molecule has 39 heavy (non-hydrogen) atoms. The number of benzene rings is 2. The van der Waals surface area contributed by atoms with Crippen molar-refractivity contribution >= 4 is 6.09 Å². The molecule has 4 rings (SSSR count). The number of aliphatic hydroxyl groups is 2. The predicted molar refractivity (Wildman–Crippen MR) is 152 cm³/mol. The Hall–Kier alpha value is -3.42. The quantitative estimate of drug-likeness (QED) is 0.380. The molecule has 1 aliphatic rings. The molecule has 0 spiro atoms. The van der Waals surface area contributed by atoms with Crippen LogP contribution in [0.25, 0.3) is 11.1 Å². The minimum absolute atomic E-state index is 0.00193. The van der Waals surface area contributed by atoms with Crippen LogP contribution < -0.4 is 5.56 Å². The molecule has 3 aromatic rings. The molecule has 1 aliphatic heterocycles. The summed E-state index contributed by atoms with van der Waals surface area (Å²) >= 11 is 0. The number of ether oxygens (including phenoxy) is 1. The fourth-order valence-electron chi connectivity index (χ4n) is 5.35. The van der Waals surface area contributed by atoms with E-state index in [1.54, 1.807) is 35.6 Å². The number of aliphatic hydroxyl groups excluding tert-OH is 1. The normalized spacial score (nSPS) is 19.1. The van der Waals surface area contributed by atoms with Gasteiger partial charge in [0.1, 0.15) is 5.60 Å². The molecule has 0 unspecified atom stereocenters. The van der Waals surface area contributed by atoms with Gasteiger partial charge in [0.2, 0.25) is 0 Å². The van der Waals surface area contributed by atoms with E-state index in [1.165, 1.54) is 0 Å². The van der Waals surface area contributed by atoms with Crippen LogP contribution in [0.4, 0.5) is 4.79 Å². The molecule has 0 bridgehead atoms. The van der Waals surface area contributed by atoms with Gasteiger partial charge in [0, 0.05) is 50.2 Å². The molecular formula is C32H40N2O5. The molecule has 0 saturated carbocycles. The number of carbonyl (C=O) groups is 1. The third-order valence-electron chi connectivity index (χ3n) is 7.51. The number of amides is 1. The van der Waals surface area contributed by atoms with E-state index in [0.717, 1.165) is 22.3 Å². The van der Waals surface area contributed by atoms with Crippen LogP contribution in [0, 0.1) is 5.41 Å². The zero-order valence-corrected chi connectivity index (χ0v) is 23.6. The summed E-state index contributed by atoms with van der Waals surface area (Å²) < 4.78 is 7.74. The Kier molecular flexibility index (Phi) is 8.05. The molecule has 1 aromatic heterocycles. The lowest BCUT2D eigenvalue weighted by Crippen LogP contribution is -2.51. The van der Waals surface area contributed by atoms with E-state index in [9.17, 15) is 19.8 Å². The number of hydrogen-bond donors (Lipinski definition) is 2. The molecule has 1 fully saturated rings. The zero-order chi connectivity index (χ0) is 28.4. The number of carbonyl (C=O) groups excluding carboxylic acids is 1. The number of pyridine rings is 1. The Bertz CT molecular complexity index is 1340. The summed E-state index contributed by atoms with van der Waals surface area (Å²) in [5.41, 5.74) is 1.19. The number of hydrogen-bond acceptors (Lipinski definition) is 5. The molecule has 1 saturated heterocycles. The lowest BCUT2D eigenvalue weighted by Gasteiger charge is -2.45. The van der Waals surface area contributed by atoms with Gasteiger partial charge >= 0.3 is 6.09 Å². The summed E-state index contributed by atoms with van der Waals surface area (Å²) in [6.07, 6.45) is 2.24. The van der Waals surface area contributed by atoms with Crippen LogP contribution >= 0.6 is 0 Å². The minimum Gasteiger partial charge on any atom is -0.438 e. The fourth-order valence-corrected chi connectivity index (χ4v) is 5.35. The zero-order valence-electron chi connectivity index (χ0n) is 23.6. The van der Waals surface area contributed by atoms with E-state index in [-0.39, 0.29) is 23.6 Å². The molecule has 1 amide bonds. The van der Waals surface area contributed by atoms with E-state index in [2.05, 4.69) is 0 Å². The van der Waals surface area contributed by atoms with Crippen LogP contribution in [0.1, 0.15) is 64.6 Å². The maximum Gasteiger partial charge on any atom is 0.411 e. The Morgan fingerprint density at radius 1 is 0.974 bits per heavy atom. The lowest BCUT2D eigenvalue weighted by molar-refractivity contribution is -0.101. The molecule has 2 heterocycles. The highest BCUT2D eigenvalue weighted by Gasteiger charge is 2.46. The van der Waals surface area contributed by atoms with E-state index in [4.69, 9.17) is 4.74 Å². The van der Waals surface area contributed by atoms with Crippen molar-refractivity contribution in [2.24, 2.45) is 5.41 Å². The third kappa shape index (κ3) is 6.60. The van der Waals surface area contributed by atoms with Crippen molar-refractivity contribution in [3.8, 4) is 11.1 Å². The van der Waals surface area contributed by atoms with Gasteiger partial charge in [-0.1, -0.05) is 68.4 Å². The highest BCUT2D eigenvalue weighted by atomic mass is 16.6. The Morgan fingerprint density at radius 3 is 2.21 bits per heavy atom. The topological polar surface area (TPSA) is 92.0 Å². The molecular weight excluding hydrogens is 492 g/mol. The van der Waals surface area contributed by atoms with Crippen molar-refractivity contribution < 1.29 is 19.7 Å². The van der Waals surface area contributed by atoms with Gasteiger partial charge in [-0.3, -0.25) is 4.79 Å². The molecule has 2 aromatic carbocycles. The summed E-state index contributed by atoms with van der Waals surface area (Å²) in [7, 11) is 0. The van der Waals surface area contributed by atoms with Crippen molar-refractivity contribution in [3.05, 3.63) is 94.4 Å². The maximum absolute atomic E-state index is 13.3. The molecule has 0 aliphatic carbocycles. The van der Waals surface area contributed by atoms with Crippen LogP contribution in [0.5, 0.6) is 0 Å². The van der Waals surface area contributed by atoms with Crippen molar-refractivity contribution in [1.29, 1.82) is 0 Å². The molecule has 0 radical (unpaired) electrons. The van der Waals surface area contributed by atoms with Gasteiger partial charge in [0.15, 0.2) is 0 Å². The number of aromatic nitrogens is 1. The molecule has 7 heteroatoms. The predicted octanol–water partition coefficient (Wildman–Crippen LogP) is 5.49. The molecule has 208 valence electrons. The van der Waals surface area contributed by atoms with Gasteiger partial charge in [-0.25, -0.2) is 4.79 Å². The smallest absolute Gasteiger partial charge is 0.411 e.